The van der Waals surface area contributed by atoms with Crippen LogP contribution in [-0.2, 0) is 65.6 Å². The summed E-state index contributed by atoms with van der Waals surface area (Å²) in [7, 11) is 1.38. The second-order valence-corrected chi connectivity index (χ2v) is 26.7. The molecule has 24 heteroatoms. The molecule has 6 aromatic carbocycles. The molecular weight excluding hydrogens is 1460 g/mol. The van der Waals surface area contributed by atoms with Gasteiger partial charge >= 0.3 is 5.97 Å². The lowest BCUT2D eigenvalue weighted by Gasteiger charge is -2.26. The van der Waals surface area contributed by atoms with Crippen LogP contribution in [0.3, 0.4) is 0 Å². The minimum Gasteiger partial charge on any atom is -0.492 e. The lowest BCUT2D eigenvalue weighted by Crippen LogP contribution is -2.38. The number of nitrogens with two attached hydrogens (primary N) is 1. The molecule has 1 amide bonds. The van der Waals surface area contributed by atoms with Gasteiger partial charge in [-0.2, -0.15) is 14.9 Å². The first-order valence-corrected chi connectivity index (χ1v) is 38.9. The van der Waals surface area contributed by atoms with E-state index < -0.39 is 5.95 Å². The van der Waals surface area contributed by atoms with Gasteiger partial charge in [0.2, 0.25) is 11.9 Å². The van der Waals surface area contributed by atoms with E-state index >= 15 is 0 Å². The molecule has 0 bridgehead atoms. The van der Waals surface area contributed by atoms with Gasteiger partial charge in [0, 0.05) is 151 Å². The Morgan fingerprint density at radius 2 is 0.722 bits per heavy atom. The quantitative estimate of drug-likeness (QED) is 0.0341. The molecule has 115 heavy (non-hydrogen) atoms. The zero-order valence-electron chi connectivity index (χ0n) is 65.9. The van der Waals surface area contributed by atoms with Gasteiger partial charge in [0.15, 0.2) is 0 Å². The number of hydrogen-bond donors (Lipinski definition) is 2. The summed E-state index contributed by atoms with van der Waals surface area (Å²) in [5.74, 6) is 2.65. The molecular formula is C91H105FN12O11. The fourth-order valence-corrected chi connectivity index (χ4v) is 12.0. The first-order chi connectivity index (χ1) is 56.5. The van der Waals surface area contributed by atoms with E-state index in [-0.39, 0.29) is 24.7 Å². The fraction of sp³-hybridized carbons (Fsp3) is 0.341. The van der Waals surface area contributed by atoms with Crippen LogP contribution in [0.25, 0.3) is 44.5 Å². The predicted octanol–water partition coefficient (Wildman–Crippen LogP) is 12.3. The number of pyridine rings is 4. The number of rotatable bonds is 28. The number of esters is 1. The lowest BCUT2D eigenvalue weighted by molar-refractivity contribution is -0.139. The van der Waals surface area contributed by atoms with Gasteiger partial charge in [-0.3, -0.25) is 44.1 Å². The van der Waals surface area contributed by atoms with Gasteiger partial charge in [0.05, 0.1) is 103 Å². The minimum absolute atomic E-state index is 0.0346. The molecule has 23 nitrogen and oxygen atoms in total. The van der Waals surface area contributed by atoms with E-state index in [1.54, 1.807) is 24.5 Å². The van der Waals surface area contributed by atoms with Gasteiger partial charge in [-0.05, 0) is 112 Å². The van der Waals surface area contributed by atoms with E-state index in [0.717, 1.165) is 216 Å². The van der Waals surface area contributed by atoms with E-state index in [1.165, 1.54) is 31.9 Å². The molecule has 0 aliphatic carbocycles. The first-order valence-electron chi connectivity index (χ1n) is 38.9. The number of methoxy groups -OCH3 is 1. The number of carbonyl (C=O) groups is 2. The van der Waals surface area contributed by atoms with Crippen molar-refractivity contribution in [3.63, 3.8) is 0 Å². The zero-order valence-corrected chi connectivity index (χ0v) is 65.9. The number of morpholine rings is 4. The number of amides is 1. The average molecular weight is 1560 g/mol. The van der Waals surface area contributed by atoms with Crippen molar-refractivity contribution >= 4 is 11.9 Å². The lowest BCUT2D eigenvalue weighted by atomic mass is 10.1. The zero-order chi connectivity index (χ0) is 80.5. The van der Waals surface area contributed by atoms with Crippen molar-refractivity contribution < 1.29 is 56.6 Å². The Morgan fingerprint density at radius 1 is 0.417 bits per heavy atom. The molecule has 4 aromatic heterocycles. The highest BCUT2D eigenvalue weighted by atomic mass is 19.1. The largest absolute Gasteiger partial charge is 0.492 e. The van der Waals surface area contributed by atoms with E-state index in [0.29, 0.717) is 51.6 Å². The number of benzene rings is 6. The Morgan fingerprint density at radius 3 is 1.01 bits per heavy atom. The van der Waals surface area contributed by atoms with Crippen molar-refractivity contribution in [1.82, 2.24) is 44.9 Å². The molecule has 4 fully saturated rings. The predicted molar refractivity (Wildman–Crippen MR) is 442 cm³/mol. The Kier molecular flexibility index (Phi) is 39.1. The summed E-state index contributed by atoms with van der Waals surface area (Å²) in [6.45, 7) is 23.2. The Labute approximate surface area is 675 Å². The Bertz CT molecular complexity index is 4420. The number of nitrogens with one attached hydrogen (secondary N) is 1. The number of halogens is 1. The minimum atomic E-state index is -0.466. The molecule has 10 aromatic rings. The van der Waals surface area contributed by atoms with Crippen molar-refractivity contribution in [2.24, 2.45) is 5.73 Å². The summed E-state index contributed by atoms with van der Waals surface area (Å²) < 4.78 is 62.1. The molecule has 4 aliphatic rings. The molecule has 14 rings (SSSR count). The highest BCUT2D eigenvalue weighted by Gasteiger charge is 2.16. The molecule has 0 saturated carbocycles. The van der Waals surface area contributed by atoms with Crippen LogP contribution in [0.1, 0.15) is 35.1 Å². The second kappa shape index (κ2) is 51.4. The normalized spacial score (nSPS) is 14.1. The van der Waals surface area contributed by atoms with E-state index in [4.69, 9.17) is 54.2 Å². The van der Waals surface area contributed by atoms with Gasteiger partial charge < -0.3 is 53.7 Å². The van der Waals surface area contributed by atoms with Crippen LogP contribution in [-0.4, -0.2) is 216 Å². The third kappa shape index (κ3) is 33.3. The Balaban J connectivity index is 0.000000169. The van der Waals surface area contributed by atoms with Gasteiger partial charge in [-0.15, -0.1) is 0 Å². The monoisotopic (exact) mass is 1560 g/mol. The van der Waals surface area contributed by atoms with Crippen LogP contribution in [0.2, 0.25) is 0 Å². The van der Waals surface area contributed by atoms with Gasteiger partial charge in [-0.25, -0.2) is 4.98 Å². The van der Waals surface area contributed by atoms with Crippen LogP contribution < -0.4 is 30.0 Å². The topological polar surface area (TPSA) is 267 Å². The molecule has 0 unspecified atom stereocenters. The molecule has 602 valence electrons. The van der Waals surface area contributed by atoms with Gasteiger partial charge in [0.25, 0.3) is 0 Å². The number of nitrogens with zero attached hydrogens (tertiary/aromatic N) is 10. The van der Waals surface area contributed by atoms with Gasteiger partial charge in [0.1, 0.15) is 49.4 Å². The molecule has 4 saturated heterocycles. The molecule has 0 radical (unpaired) electrons. The SMILES string of the molecule is CC#N.COC(=O)Cc1ccc(-c2ccc(OCCN3CCOCC3)cc2)cn1.Fc1ccc(-c2ccc(OCCN3CCOCC3)cc2)cn1.N#CCc1ccc(-c2ccc(OCCN3CCOCC3)cc2)cn1.NCc1ccccc1.O=C(Cc1ccc(-c2ccc(OCCN3CCOCC3)cc2)cn1)NCc1ccccc1. The standard InChI is InChI=1S/C26H29N3O3.C20H24N2O4.C19H21N3O2.C17H19FN2O2.C7H9N.C2H3N/c30-26(28-19-21-4-2-1-3-5-21)18-24-9-6-23(20-27-24)22-7-10-25(11-8-22)32-17-14-29-12-15-31-16-13-29;1-24-20(23)14-18-5-2-17(15-21-18)16-3-6-19(7-4-16)26-13-10-22-8-11-25-12-9-22;20-8-7-18-4-1-17(15-21-18)16-2-5-19(6-3-16)24-14-11-22-9-12-23-13-10-22;18-17-6-3-15(13-19-17)14-1-4-16(5-2-14)22-12-9-20-7-10-21-11-8-20;8-6-7-4-2-1-3-5-7;1-2-3/h1-11,20H,12-19H2,(H,28,30);2-7,15H,8-14H2,1H3;1-6,15H,7,9-14H2;1-6,13H,7-12H2;1-5H,6,8H2;1H3. The van der Waals surface area contributed by atoms with Crippen molar-refractivity contribution in [2.75, 3.05) is 165 Å². The summed E-state index contributed by atoms with van der Waals surface area (Å²) in [6.07, 6.45) is 7.72. The van der Waals surface area contributed by atoms with Crippen LogP contribution in [0.4, 0.5) is 4.39 Å². The maximum absolute atomic E-state index is 12.8. The van der Waals surface area contributed by atoms with E-state index in [1.807, 2.05) is 200 Å². The maximum Gasteiger partial charge on any atom is 0.311 e. The third-order valence-electron chi connectivity index (χ3n) is 18.6. The highest BCUT2D eigenvalue weighted by Crippen LogP contribution is 2.27. The number of hydrogen-bond acceptors (Lipinski definition) is 22. The van der Waals surface area contributed by atoms with E-state index in [2.05, 4.69) is 55.7 Å². The van der Waals surface area contributed by atoms with Crippen LogP contribution in [0.15, 0.2) is 231 Å². The average Bonchev–Trinajstić information content (AvgIpc) is 0.867. The number of carbonyl (C=O) groups excluding carboxylic acids is 2. The summed E-state index contributed by atoms with van der Waals surface area (Å²) in [6, 6.07) is 70.2. The summed E-state index contributed by atoms with van der Waals surface area (Å²) >= 11 is 0. The smallest absolute Gasteiger partial charge is 0.311 e. The number of nitriles is 2. The summed E-state index contributed by atoms with van der Waals surface area (Å²) in [4.78, 5) is 49.6. The highest BCUT2D eigenvalue weighted by molar-refractivity contribution is 5.78. The van der Waals surface area contributed by atoms with Crippen molar-refractivity contribution in [1.29, 1.82) is 10.5 Å². The fourth-order valence-electron chi connectivity index (χ4n) is 12.0. The summed E-state index contributed by atoms with van der Waals surface area (Å²) in [5, 5.41) is 18.9. The van der Waals surface area contributed by atoms with Crippen molar-refractivity contribution in [3.8, 4) is 79.6 Å². The molecule has 3 N–H and O–H groups in total. The Hall–Kier alpha value is -11.4. The first kappa shape index (κ1) is 87.6. The van der Waals surface area contributed by atoms with Crippen LogP contribution in [0, 0.1) is 28.6 Å². The molecule has 4 aliphatic heterocycles. The van der Waals surface area contributed by atoms with Crippen LogP contribution in [0.5, 0.6) is 23.0 Å². The van der Waals surface area contributed by atoms with Crippen molar-refractivity contribution in [2.45, 2.75) is 39.3 Å². The number of ether oxygens (including phenoxy) is 9. The molecule has 0 spiro atoms. The molecule has 8 heterocycles. The van der Waals surface area contributed by atoms with E-state index in [9.17, 15) is 14.0 Å². The third-order valence-corrected chi connectivity index (χ3v) is 18.6. The van der Waals surface area contributed by atoms with Gasteiger partial charge in [-0.1, -0.05) is 127 Å². The number of aromatic nitrogens is 4. The van der Waals surface area contributed by atoms with Crippen molar-refractivity contribution in [3.05, 3.63) is 265 Å². The van der Waals surface area contributed by atoms with Crippen LogP contribution >= 0.6 is 0 Å². The maximum atomic E-state index is 12.8. The summed E-state index contributed by atoms with van der Waals surface area (Å²) in [5.41, 5.74) is 18.0. The second-order valence-electron chi connectivity index (χ2n) is 26.7. The molecule has 0 atom stereocenters.